The minimum Gasteiger partial charge on any atom is -0.468 e. The molecule has 0 spiro atoms. The first-order valence-corrected chi connectivity index (χ1v) is 4.29. The molecule has 82 valence electrons. The molecule has 0 radical (unpaired) electrons. The van der Waals surface area contributed by atoms with Crippen LogP contribution >= 0.6 is 12.4 Å². The van der Waals surface area contributed by atoms with E-state index in [0.717, 1.165) is 6.54 Å². The fourth-order valence-electron chi connectivity index (χ4n) is 1.20. The normalized spacial score (nSPS) is 16.9. The summed E-state index contributed by atoms with van der Waals surface area (Å²) >= 11 is 0. The molecule has 0 aromatic carbocycles. The van der Waals surface area contributed by atoms with Gasteiger partial charge in [-0.05, 0) is 0 Å². The molecular formula is C8H15ClN2O3. The lowest BCUT2D eigenvalue weighted by Gasteiger charge is -2.17. The van der Waals surface area contributed by atoms with Crippen molar-refractivity contribution in [3.05, 3.63) is 0 Å². The lowest BCUT2D eigenvalue weighted by atomic mass is 10.3. The van der Waals surface area contributed by atoms with Gasteiger partial charge in [-0.2, -0.15) is 0 Å². The summed E-state index contributed by atoms with van der Waals surface area (Å²) in [6, 6.07) is 0. The molecule has 0 aromatic heterocycles. The van der Waals surface area contributed by atoms with Crippen LogP contribution in [0, 0.1) is 0 Å². The number of hydrogen-bond donors (Lipinski definition) is 1. The molecule has 1 saturated heterocycles. The molecule has 6 heteroatoms. The van der Waals surface area contributed by atoms with Gasteiger partial charge >= 0.3 is 5.97 Å². The largest absolute Gasteiger partial charge is 0.468 e. The molecule has 0 aromatic rings. The van der Waals surface area contributed by atoms with Gasteiger partial charge in [0.2, 0.25) is 5.91 Å². The van der Waals surface area contributed by atoms with Crippen LogP contribution in [0.3, 0.4) is 0 Å². The van der Waals surface area contributed by atoms with Gasteiger partial charge in [0.05, 0.1) is 7.11 Å². The van der Waals surface area contributed by atoms with Gasteiger partial charge in [-0.1, -0.05) is 0 Å². The number of methoxy groups -OCH3 is 1. The zero-order valence-electron chi connectivity index (χ0n) is 8.12. The fraction of sp³-hybridized carbons (Fsp3) is 0.750. The van der Waals surface area contributed by atoms with E-state index in [0.29, 0.717) is 19.5 Å². The first kappa shape index (κ1) is 13.2. The zero-order valence-corrected chi connectivity index (χ0v) is 8.93. The summed E-state index contributed by atoms with van der Waals surface area (Å²) in [5.41, 5.74) is 0. The third-order valence-electron chi connectivity index (χ3n) is 1.97. The van der Waals surface area contributed by atoms with Gasteiger partial charge in [0.25, 0.3) is 0 Å². The van der Waals surface area contributed by atoms with Crippen molar-refractivity contribution < 1.29 is 14.3 Å². The molecule has 0 atom stereocenters. The van der Waals surface area contributed by atoms with Crippen LogP contribution in [0.15, 0.2) is 0 Å². The molecule has 1 N–H and O–H groups in total. The Kier molecular flexibility index (Phi) is 6.23. The van der Waals surface area contributed by atoms with Crippen LogP contribution in [-0.2, 0) is 14.3 Å². The van der Waals surface area contributed by atoms with Gasteiger partial charge in [-0.25, -0.2) is 0 Å². The average molecular weight is 223 g/mol. The predicted octanol–water partition coefficient (Wildman–Crippen LogP) is -0.597. The number of carbonyl (C=O) groups excluding carboxylic acids is 2. The third kappa shape index (κ3) is 3.93. The Balaban J connectivity index is 0.00000169. The van der Waals surface area contributed by atoms with E-state index in [1.165, 1.54) is 12.0 Å². The topological polar surface area (TPSA) is 58.6 Å². The molecule has 0 unspecified atom stereocenters. The number of nitrogens with zero attached hydrogens (tertiary/aromatic N) is 1. The Morgan fingerprint density at radius 1 is 1.57 bits per heavy atom. The highest BCUT2D eigenvalue weighted by Gasteiger charge is 2.18. The Morgan fingerprint density at radius 2 is 2.29 bits per heavy atom. The highest BCUT2D eigenvalue weighted by molar-refractivity contribution is 5.85. The van der Waals surface area contributed by atoms with Crippen LogP contribution < -0.4 is 5.32 Å². The number of amides is 1. The number of nitrogens with one attached hydrogen (secondary N) is 1. The number of halogens is 1. The first-order valence-electron chi connectivity index (χ1n) is 4.29. The molecule has 0 aliphatic carbocycles. The van der Waals surface area contributed by atoms with Crippen LogP contribution in [0.2, 0.25) is 0 Å². The van der Waals surface area contributed by atoms with E-state index in [1.54, 1.807) is 0 Å². The Morgan fingerprint density at radius 3 is 2.93 bits per heavy atom. The zero-order chi connectivity index (χ0) is 9.68. The van der Waals surface area contributed by atoms with Gasteiger partial charge in [-0.3, -0.25) is 9.59 Å². The van der Waals surface area contributed by atoms with Crippen LogP contribution in [0.5, 0.6) is 0 Å². The maximum Gasteiger partial charge on any atom is 0.325 e. The molecule has 1 aliphatic rings. The number of rotatable bonds is 2. The van der Waals surface area contributed by atoms with E-state index in [1.807, 2.05) is 0 Å². The lowest BCUT2D eigenvalue weighted by molar-refractivity contribution is -0.146. The lowest BCUT2D eigenvalue weighted by Crippen LogP contribution is -2.37. The number of ether oxygens (including phenoxy) is 1. The molecule has 0 bridgehead atoms. The quantitative estimate of drug-likeness (QED) is 0.635. The monoisotopic (exact) mass is 222 g/mol. The number of hydrogen-bond acceptors (Lipinski definition) is 4. The molecule has 1 fully saturated rings. The summed E-state index contributed by atoms with van der Waals surface area (Å²) in [5, 5.41) is 3.08. The van der Waals surface area contributed by atoms with Gasteiger partial charge in [0.15, 0.2) is 0 Å². The molecule has 0 saturated carbocycles. The van der Waals surface area contributed by atoms with Crippen molar-refractivity contribution in [2.75, 3.05) is 33.3 Å². The van der Waals surface area contributed by atoms with Gasteiger partial charge in [-0.15, -0.1) is 12.4 Å². The van der Waals surface area contributed by atoms with Crippen molar-refractivity contribution in [2.24, 2.45) is 0 Å². The van der Waals surface area contributed by atoms with Crippen molar-refractivity contribution in [3.63, 3.8) is 0 Å². The maximum absolute atomic E-state index is 11.3. The molecule has 1 heterocycles. The average Bonchev–Trinajstić information content (AvgIpc) is 2.32. The van der Waals surface area contributed by atoms with Crippen LogP contribution in [0.1, 0.15) is 6.42 Å². The van der Waals surface area contributed by atoms with Crippen molar-refractivity contribution in [1.29, 1.82) is 0 Å². The van der Waals surface area contributed by atoms with Gasteiger partial charge in [0, 0.05) is 26.1 Å². The Labute approximate surface area is 89.2 Å². The predicted molar refractivity (Wildman–Crippen MR) is 53.3 cm³/mol. The summed E-state index contributed by atoms with van der Waals surface area (Å²) in [7, 11) is 1.32. The second kappa shape index (κ2) is 6.62. The highest BCUT2D eigenvalue weighted by Crippen LogP contribution is 1.97. The second-order valence-electron chi connectivity index (χ2n) is 2.89. The molecule has 1 aliphatic heterocycles. The third-order valence-corrected chi connectivity index (χ3v) is 1.97. The molecule has 14 heavy (non-hydrogen) atoms. The van der Waals surface area contributed by atoms with E-state index in [-0.39, 0.29) is 30.8 Å². The number of esters is 1. The summed E-state index contributed by atoms with van der Waals surface area (Å²) in [6.45, 7) is 2.07. The summed E-state index contributed by atoms with van der Waals surface area (Å²) < 4.78 is 4.49. The van der Waals surface area contributed by atoms with Crippen molar-refractivity contribution in [1.82, 2.24) is 10.2 Å². The summed E-state index contributed by atoms with van der Waals surface area (Å²) in [6.07, 6.45) is 0.455. The van der Waals surface area contributed by atoms with E-state index in [2.05, 4.69) is 10.1 Å². The Bertz CT molecular complexity index is 211. The van der Waals surface area contributed by atoms with E-state index < -0.39 is 0 Å². The Hall–Kier alpha value is -0.810. The molecular weight excluding hydrogens is 208 g/mol. The highest BCUT2D eigenvalue weighted by atomic mass is 35.5. The van der Waals surface area contributed by atoms with E-state index >= 15 is 0 Å². The molecule has 1 amide bonds. The van der Waals surface area contributed by atoms with Crippen molar-refractivity contribution in [2.45, 2.75) is 6.42 Å². The smallest absolute Gasteiger partial charge is 0.325 e. The van der Waals surface area contributed by atoms with E-state index in [4.69, 9.17) is 0 Å². The van der Waals surface area contributed by atoms with Crippen LogP contribution in [0.4, 0.5) is 0 Å². The van der Waals surface area contributed by atoms with Crippen LogP contribution in [-0.4, -0.2) is 50.1 Å². The molecule has 5 nitrogen and oxygen atoms in total. The standard InChI is InChI=1S/C8H14N2O3.ClH/c1-13-8(12)6-10-5-4-9-3-2-7(10)11;/h9H,2-6H2,1H3;1H. The maximum atomic E-state index is 11.3. The van der Waals surface area contributed by atoms with Crippen molar-refractivity contribution in [3.8, 4) is 0 Å². The van der Waals surface area contributed by atoms with Gasteiger partial charge in [0.1, 0.15) is 6.54 Å². The summed E-state index contributed by atoms with van der Waals surface area (Å²) in [5.74, 6) is -0.356. The minimum absolute atomic E-state index is 0. The molecule has 1 rings (SSSR count). The fourth-order valence-corrected chi connectivity index (χ4v) is 1.20. The second-order valence-corrected chi connectivity index (χ2v) is 2.89. The van der Waals surface area contributed by atoms with E-state index in [9.17, 15) is 9.59 Å². The summed E-state index contributed by atoms with van der Waals surface area (Å²) in [4.78, 5) is 23.8. The number of carbonyl (C=O) groups is 2. The SMILES string of the molecule is COC(=O)CN1CCNCCC1=O.Cl. The van der Waals surface area contributed by atoms with Crippen LogP contribution in [0.25, 0.3) is 0 Å². The van der Waals surface area contributed by atoms with Gasteiger partial charge < -0.3 is 15.0 Å². The first-order chi connectivity index (χ1) is 6.24. The minimum atomic E-state index is -0.366. The van der Waals surface area contributed by atoms with Crippen molar-refractivity contribution >= 4 is 24.3 Å².